The molecule has 2 N–H and O–H groups in total. The largest absolute Gasteiger partial charge is 0.308 e. The van der Waals surface area contributed by atoms with Crippen LogP contribution in [0, 0.1) is 17.7 Å². The van der Waals surface area contributed by atoms with E-state index in [0.717, 1.165) is 40.5 Å². The Morgan fingerprint density at radius 1 is 1.28 bits per heavy atom. The van der Waals surface area contributed by atoms with Gasteiger partial charge in [-0.3, -0.25) is 0 Å². The Morgan fingerprint density at radius 2 is 1.92 bits per heavy atom. The number of hydrogen-bond donors (Lipinski definition) is 2. The van der Waals surface area contributed by atoms with Gasteiger partial charge in [0.15, 0.2) is 0 Å². The quantitative estimate of drug-likeness (QED) is 0.310. The van der Waals surface area contributed by atoms with E-state index >= 15 is 0 Å². The van der Waals surface area contributed by atoms with Gasteiger partial charge < -0.3 is 10.8 Å². The molecule has 1 aromatic carbocycles. The Labute approximate surface area is 151 Å². The van der Waals surface area contributed by atoms with Crippen molar-refractivity contribution in [2.75, 3.05) is 0 Å². The average Bonchev–Trinajstić information content (AvgIpc) is 2.53. The second kappa shape index (κ2) is 8.70. The number of benzene rings is 1. The van der Waals surface area contributed by atoms with Gasteiger partial charge in [-0.25, -0.2) is 4.39 Å². The summed E-state index contributed by atoms with van der Waals surface area (Å²) in [6.07, 6.45) is 6.21. The molecular weight excluding hydrogens is 311 g/mol. The summed E-state index contributed by atoms with van der Waals surface area (Å²) in [7, 11) is 0. The lowest BCUT2D eigenvalue weighted by atomic mass is 9.92. The fraction of sp³-hybridized carbons (Fsp3) is 0.364. The maximum absolute atomic E-state index is 14.2. The number of hydrogen-bond acceptors (Lipinski definition) is 2. The van der Waals surface area contributed by atoms with Crippen LogP contribution in [-0.2, 0) is 0 Å². The van der Waals surface area contributed by atoms with E-state index in [-0.39, 0.29) is 0 Å². The van der Waals surface area contributed by atoms with E-state index in [1.807, 2.05) is 45.0 Å². The molecule has 0 radical (unpaired) electrons. The first-order valence-corrected chi connectivity index (χ1v) is 8.51. The van der Waals surface area contributed by atoms with Crippen LogP contribution in [0.25, 0.3) is 5.57 Å². The Kier molecular flexibility index (Phi) is 7.22. The number of nitrogens with one attached hydrogen (secondary N) is 2. The molecule has 0 saturated carbocycles. The van der Waals surface area contributed by atoms with Crippen LogP contribution in [0.1, 0.15) is 57.2 Å². The molecule has 0 aliphatic carbocycles. The summed E-state index contributed by atoms with van der Waals surface area (Å²) in [5, 5.41) is 15.7. The monoisotopic (exact) mass is 340 g/mol. The first kappa shape index (κ1) is 20.8. The number of halogens is 1. The summed E-state index contributed by atoms with van der Waals surface area (Å²) in [4.78, 5) is 0. The average molecular weight is 340 g/mol. The van der Waals surface area contributed by atoms with Crippen LogP contribution in [0.5, 0.6) is 0 Å². The van der Waals surface area contributed by atoms with Gasteiger partial charge in [0.25, 0.3) is 0 Å². The third kappa shape index (κ3) is 5.93. The minimum absolute atomic E-state index is 0.332. The van der Waals surface area contributed by atoms with Crippen molar-refractivity contribution in [3.63, 3.8) is 0 Å². The van der Waals surface area contributed by atoms with E-state index in [0.29, 0.717) is 17.7 Å². The Hall–Kier alpha value is -2.29. The van der Waals surface area contributed by atoms with E-state index in [4.69, 9.17) is 10.8 Å². The summed E-state index contributed by atoms with van der Waals surface area (Å²) in [5.74, 6) is 0. The molecule has 0 aromatic heterocycles. The molecule has 0 unspecified atom stereocenters. The second-order valence-corrected chi connectivity index (χ2v) is 6.93. The maximum Gasteiger partial charge on any atom is 0.131 e. The first-order chi connectivity index (χ1) is 11.6. The van der Waals surface area contributed by atoms with Crippen LogP contribution in [0.4, 0.5) is 4.39 Å². The van der Waals surface area contributed by atoms with Crippen molar-refractivity contribution in [3.05, 3.63) is 64.8 Å². The molecule has 0 amide bonds. The van der Waals surface area contributed by atoms with Crippen LogP contribution in [0.15, 0.2) is 48.1 Å². The fourth-order valence-electron chi connectivity index (χ4n) is 2.53. The van der Waals surface area contributed by atoms with Crippen LogP contribution >= 0.6 is 0 Å². The zero-order valence-corrected chi connectivity index (χ0v) is 16.0. The molecule has 1 rings (SSSR count). The highest BCUT2D eigenvalue weighted by atomic mass is 19.1. The van der Waals surface area contributed by atoms with Gasteiger partial charge in [-0.2, -0.15) is 0 Å². The number of alkyl halides is 1. The lowest BCUT2D eigenvalue weighted by Gasteiger charge is -2.17. The molecule has 134 valence electrons. The van der Waals surface area contributed by atoms with Gasteiger partial charge in [0.05, 0.1) is 0 Å². The molecule has 0 aliphatic rings. The summed E-state index contributed by atoms with van der Waals surface area (Å²) in [5.41, 5.74) is 4.24. The number of rotatable bonds is 8. The Bertz CT molecular complexity index is 731. The van der Waals surface area contributed by atoms with Crippen molar-refractivity contribution < 1.29 is 4.39 Å². The maximum atomic E-state index is 14.2. The Morgan fingerprint density at radius 3 is 2.36 bits per heavy atom. The van der Waals surface area contributed by atoms with Crippen molar-refractivity contribution in [3.8, 4) is 0 Å². The molecule has 0 atom stereocenters. The molecule has 25 heavy (non-hydrogen) atoms. The standard InChI is InChI=1S/C22H29FN2/c1-7-17(13-19(14-24)22(5,6)23)20-10-9-18(12-16(20)4)21(25)11-8-15(2)3/h7,9-10,12-14,24-25H,2,8,11H2,1,3-6H3/b17-7+,19-13+,24-14?,25-21?. The highest BCUT2D eigenvalue weighted by Gasteiger charge is 2.20. The summed E-state index contributed by atoms with van der Waals surface area (Å²) >= 11 is 0. The normalized spacial score (nSPS) is 12.9. The van der Waals surface area contributed by atoms with Gasteiger partial charge in [-0.05, 0) is 81.9 Å². The van der Waals surface area contributed by atoms with Gasteiger partial charge >= 0.3 is 0 Å². The van der Waals surface area contributed by atoms with Crippen LogP contribution in [0.2, 0.25) is 0 Å². The second-order valence-electron chi connectivity index (χ2n) is 6.93. The molecule has 0 saturated heterocycles. The van der Waals surface area contributed by atoms with E-state index in [1.54, 1.807) is 6.08 Å². The van der Waals surface area contributed by atoms with Crippen LogP contribution in [-0.4, -0.2) is 17.6 Å². The molecule has 3 heteroatoms. The molecule has 0 fully saturated rings. The predicted molar refractivity (Wildman–Crippen MR) is 108 cm³/mol. The van der Waals surface area contributed by atoms with Crippen LogP contribution in [0.3, 0.4) is 0 Å². The van der Waals surface area contributed by atoms with Gasteiger partial charge in [0.2, 0.25) is 0 Å². The SMILES string of the molecule is C=C(C)CCC(=N)c1ccc(C(=C/C)/C=C(\C=N)C(C)(C)F)c(C)c1. The van der Waals surface area contributed by atoms with Crippen molar-refractivity contribution >= 4 is 17.5 Å². The van der Waals surface area contributed by atoms with Gasteiger partial charge in [-0.15, -0.1) is 6.58 Å². The van der Waals surface area contributed by atoms with Crippen molar-refractivity contribution in [1.29, 1.82) is 10.8 Å². The first-order valence-electron chi connectivity index (χ1n) is 8.51. The highest BCUT2D eigenvalue weighted by molar-refractivity contribution is 5.99. The smallest absolute Gasteiger partial charge is 0.131 e. The topological polar surface area (TPSA) is 47.7 Å². The lowest BCUT2D eigenvalue weighted by molar-refractivity contribution is 0.278. The third-order valence-corrected chi connectivity index (χ3v) is 4.15. The van der Waals surface area contributed by atoms with Gasteiger partial charge in [0.1, 0.15) is 5.67 Å². The molecule has 2 nitrogen and oxygen atoms in total. The van der Waals surface area contributed by atoms with E-state index < -0.39 is 5.67 Å². The lowest BCUT2D eigenvalue weighted by Crippen LogP contribution is -2.16. The molecule has 0 bridgehead atoms. The van der Waals surface area contributed by atoms with E-state index in [1.165, 1.54) is 13.8 Å². The molecule has 0 spiro atoms. The third-order valence-electron chi connectivity index (χ3n) is 4.15. The highest BCUT2D eigenvalue weighted by Crippen LogP contribution is 2.27. The zero-order valence-electron chi connectivity index (χ0n) is 16.0. The van der Waals surface area contributed by atoms with Gasteiger partial charge in [-0.1, -0.05) is 23.8 Å². The summed E-state index contributed by atoms with van der Waals surface area (Å²) < 4.78 is 14.2. The minimum atomic E-state index is -1.56. The van der Waals surface area contributed by atoms with E-state index in [2.05, 4.69) is 6.58 Å². The van der Waals surface area contributed by atoms with Crippen molar-refractivity contribution in [2.45, 2.75) is 53.1 Å². The molecule has 0 aliphatic heterocycles. The van der Waals surface area contributed by atoms with Crippen molar-refractivity contribution in [2.24, 2.45) is 0 Å². The van der Waals surface area contributed by atoms with E-state index in [9.17, 15) is 4.39 Å². The van der Waals surface area contributed by atoms with Crippen LogP contribution < -0.4 is 0 Å². The number of aryl methyl sites for hydroxylation is 1. The summed E-state index contributed by atoms with van der Waals surface area (Å²) in [6.45, 7) is 12.7. The predicted octanol–water partition coefficient (Wildman–Crippen LogP) is 6.45. The molecule has 1 aromatic rings. The van der Waals surface area contributed by atoms with Gasteiger partial charge in [0, 0.05) is 17.5 Å². The summed E-state index contributed by atoms with van der Waals surface area (Å²) in [6, 6.07) is 5.90. The zero-order chi connectivity index (χ0) is 19.2. The minimum Gasteiger partial charge on any atom is -0.308 e. The number of allylic oxidation sites excluding steroid dienone is 5. The fourth-order valence-corrected chi connectivity index (χ4v) is 2.53. The molecular formula is C22H29FN2. The van der Waals surface area contributed by atoms with Crippen molar-refractivity contribution in [1.82, 2.24) is 0 Å². The molecule has 0 heterocycles. The Balaban J connectivity index is 3.17.